The second-order valence-electron chi connectivity index (χ2n) is 8.22. The summed E-state index contributed by atoms with van der Waals surface area (Å²) in [5.74, 6) is 0.871. The van der Waals surface area contributed by atoms with E-state index in [1.54, 1.807) is 9.58 Å². The number of hydrogen-bond donors (Lipinski definition) is 0. The fraction of sp³-hybridized carbons (Fsp3) is 0.522. The first-order chi connectivity index (χ1) is 15.5. The standard InChI is InChI=1S/C23H31N5O4/c1-3-31-23(30)26-10-8-25(9-11-26)15-19-4-5-21-20(14-19)16-27(12-13-32-21)22(29)17-28-7-6-18(2)24-28/h4-7,14H,3,8-13,15-17H2,1-2H3. The number of benzene rings is 1. The summed E-state index contributed by atoms with van der Waals surface area (Å²) < 4.78 is 12.7. The molecule has 32 heavy (non-hydrogen) atoms. The van der Waals surface area contributed by atoms with E-state index in [0.717, 1.165) is 36.6 Å². The molecule has 0 atom stereocenters. The molecule has 9 nitrogen and oxygen atoms in total. The third-order valence-electron chi connectivity index (χ3n) is 5.83. The van der Waals surface area contributed by atoms with Gasteiger partial charge < -0.3 is 19.3 Å². The molecule has 0 bridgehead atoms. The van der Waals surface area contributed by atoms with Gasteiger partial charge in [-0.15, -0.1) is 0 Å². The van der Waals surface area contributed by atoms with Gasteiger partial charge in [0.15, 0.2) is 0 Å². The monoisotopic (exact) mass is 441 g/mol. The van der Waals surface area contributed by atoms with Crippen LogP contribution >= 0.6 is 0 Å². The van der Waals surface area contributed by atoms with Gasteiger partial charge in [0.05, 0.1) is 18.8 Å². The molecule has 172 valence electrons. The van der Waals surface area contributed by atoms with E-state index < -0.39 is 0 Å². The van der Waals surface area contributed by atoms with Crippen LogP contribution in [0.4, 0.5) is 4.79 Å². The molecule has 3 heterocycles. The first-order valence-electron chi connectivity index (χ1n) is 11.2. The molecule has 2 aliphatic rings. The summed E-state index contributed by atoms with van der Waals surface area (Å²) >= 11 is 0. The molecule has 0 spiro atoms. The lowest BCUT2D eigenvalue weighted by atomic mass is 10.1. The molecule has 0 unspecified atom stereocenters. The number of carbonyl (C=O) groups is 2. The van der Waals surface area contributed by atoms with Gasteiger partial charge >= 0.3 is 6.09 Å². The minimum Gasteiger partial charge on any atom is -0.491 e. The van der Waals surface area contributed by atoms with E-state index in [0.29, 0.717) is 39.4 Å². The second kappa shape index (κ2) is 10.0. The van der Waals surface area contributed by atoms with E-state index in [1.807, 2.05) is 37.1 Å². The predicted octanol–water partition coefficient (Wildman–Crippen LogP) is 1.89. The molecule has 0 aliphatic carbocycles. The van der Waals surface area contributed by atoms with Gasteiger partial charge in [-0.3, -0.25) is 14.4 Å². The topological polar surface area (TPSA) is 80.1 Å². The van der Waals surface area contributed by atoms with Crippen LogP contribution in [0.2, 0.25) is 0 Å². The van der Waals surface area contributed by atoms with Crippen molar-refractivity contribution in [2.75, 3.05) is 45.9 Å². The normalized spacial score (nSPS) is 16.8. The summed E-state index contributed by atoms with van der Waals surface area (Å²) in [5.41, 5.74) is 3.10. The molecule has 9 heteroatoms. The van der Waals surface area contributed by atoms with Crippen LogP contribution in [0.15, 0.2) is 30.5 Å². The smallest absolute Gasteiger partial charge is 0.409 e. The third-order valence-corrected chi connectivity index (χ3v) is 5.83. The summed E-state index contributed by atoms with van der Waals surface area (Å²) in [6, 6.07) is 8.12. The average Bonchev–Trinajstić information content (AvgIpc) is 3.06. The van der Waals surface area contributed by atoms with Gasteiger partial charge in [0.1, 0.15) is 18.9 Å². The van der Waals surface area contributed by atoms with Crippen molar-refractivity contribution in [3.63, 3.8) is 0 Å². The Morgan fingerprint density at radius 3 is 2.62 bits per heavy atom. The lowest BCUT2D eigenvalue weighted by Gasteiger charge is -2.34. The Kier molecular flexibility index (Phi) is 6.94. The van der Waals surface area contributed by atoms with Gasteiger partial charge in [0.25, 0.3) is 0 Å². The molecular weight excluding hydrogens is 410 g/mol. The number of aromatic nitrogens is 2. The van der Waals surface area contributed by atoms with E-state index in [1.165, 1.54) is 5.56 Å². The Morgan fingerprint density at radius 2 is 1.91 bits per heavy atom. The number of piperazine rings is 1. The van der Waals surface area contributed by atoms with Crippen LogP contribution in [0, 0.1) is 6.92 Å². The molecule has 0 N–H and O–H groups in total. The van der Waals surface area contributed by atoms with Crippen molar-refractivity contribution < 1.29 is 19.1 Å². The molecular formula is C23H31N5O4. The van der Waals surface area contributed by atoms with Gasteiger partial charge in [-0.1, -0.05) is 6.07 Å². The summed E-state index contributed by atoms with van der Waals surface area (Å²) in [4.78, 5) is 30.7. The SMILES string of the molecule is CCOC(=O)N1CCN(Cc2ccc3c(c2)CN(C(=O)Cn2ccc(C)n2)CCO3)CC1. The minimum absolute atomic E-state index is 0.0324. The maximum Gasteiger partial charge on any atom is 0.409 e. The number of fused-ring (bicyclic) bond motifs is 1. The van der Waals surface area contributed by atoms with Crippen molar-refractivity contribution in [3.05, 3.63) is 47.3 Å². The summed E-state index contributed by atoms with van der Waals surface area (Å²) in [6.45, 7) is 9.67. The number of rotatable bonds is 5. The molecule has 2 aliphatic heterocycles. The molecule has 0 radical (unpaired) electrons. The maximum absolute atomic E-state index is 12.8. The zero-order chi connectivity index (χ0) is 22.5. The molecule has 2 amide bonds. The molecule has 4 rings (SSSR count). The summed E-state index contributed by atoms with van der Waals surface area (Å²) in [6.07, 6.45) is 1.60. The zero-order valence-corrected chi connectivity index (χ0v) is 18.8. The number of hydrogen-bond acceptors (Lipinski definition) is 6. The number of ether oxygens (including phenoxy) is 2. The van der Waals surface area contributed by atoms with E-state index in [-0.39, 0.29) is 18.5 Å². The molecule has 2 aromatic rings. The highest BCUT2D eigenvalue weighted by molar-refractivity contribution is 5.76. The zero-order valence-electron chi connectivity index (χ0n) is 18.8. The number of nitrogens with zero attached hydrogens (tertiary/aromatic N) is 5. The van der Waals surface area contributed by atoms with Crippen LogP contribution in [0.25, 0.3) is 0 Å². The second-order valence-corrected chi connectivity index (χ2v) is 8.22. The Balaban J connectivity index is 1.36. The van der Waals surface area contributed by atoms with E-state index in [2.05, 4.69) is 22.1 Å². The lowest BCUT2D eigenvalue weighted by molar-refractivity contribution is -0.132. The largest absolute Gasteiger partial charge is 0.491 e. The van der Waals surface area contributed by atoms with E-state index in [9.17, 15) is 9.59 Å². The van der Waals surface area contributed by atoms with Crippen LogP contribution in [-0.2, 0) is 29.2 Å². The fourth-order valence-electron chi connectivity index (χ4n) is 4.11. The quantitative estimate of drug-likeness (QED) is 0.705. The van der Waals surface area contributed by atoms with Crippen molar-refractivity contribution in [1.82, 2.24) is 24.5 Å². The molecule has 1 aromatic heterocycles. The number of aryl methyl sites for hydroxylation is 1. The van der Waals surface area contributed by atoms with Crippen molar-refractivity contribution in [3.8, 4) is 5.75 Å². The minimum atomic E-state index is -0.232. The van der Waals surface area contributed by atoms with Crippen LogP contribution in [-0.4, -0.2) is 82.4 Å². The van der Waals surface area contributed by atoms with E-state index in [4.69, 9.17) is 9.47 Å². The number of amides is 2. The van der Waals surface area contributed by atoms with Crippen LogP contribution in [0.1, 0.15) is 23.7 Å². The predicted molar refractivity (Wildman–Crippen MR) is 118 cm³/mol. The fourth-order valence-corrected chi connectivity index (χ4v) is 4.11. The van der Waals surface area contributed by atoms with Crippen LogP contribution in [0.5, 0.6) is 5.75 Å². The molecule has 1 fully saturated rings. The lowest BCUT2D eigenvalue weighted by Crippen LogP contribution is -2.48. The van der Waals surface area contributed by atoms with Crippen molar-refractivity contribution >= 4 is 12.0 Å². The van der Waals surface area contributed by atoms with Gasteiger partial charge in [0.2, 0.25) is 5.91 Å². The maximum atomic E-state index is 12.8. The highest BCUT2D eigenvalue weighted by Crippen LogP contribution is 2.25. The molecule has 1 saturated heterocycles. The molecule has 0 saturated carbocycles. The van der Waals surface area contributed by atoms with Crippen molar-refractivity contribution in [2.45, 2.75) is 33.5 Å². The van der Waals surface area contributed by atoms with Crippen molar-refractivity contribution in [2.24, 2.45) is 0 Å². The average molecular weight is 442 g/mol. The Labute approximate surface area is 188 Å². The van der Waals surface area contributed by atoms with Gasteiger partial charge in [0, 0.05) is 51.0 Å². The third kappa shape index (κ3) is 5.40. The van der Waals surface area contributed by atoms with Crippen LogP contribution < -0.4 is 4.74 Å². The highest BCUT2D eigenvalue weighted by Gasteiger charge is 2.23. The molecule has 1 aromatic carbocycles. The number of carbonyl (C=O) groups excluding carboxylic acids is 2. The van der Waals surface area contributed by atoms with Crippen LogP contribution in [0.3, 0.4) is 0 Å². The van der Waals surface area contributed by atoms with E-state index >= 15 is 0 Å². The summed E-state index contributed by atoms with van der Waals surface area (Å²) in [5, 5.41) is 4.32. The Morgan fingerprint density at radius 1 is 1.09 bits per heavy atom. The first-order valence-corrected chi connectivity index (χ1v) is 11.2. The first kappa shape index (κ1) is 22.1. The Bertz CT molecular complexity index is 952. The van der Waals surface area contributed by atoms with Gasteiger partial charge in [-0.05, 0) is 37.6 Å². The highest BCUT2D eigenvalue weighted by atomic mass is 16.6. The van der Waals surface area contributed by atoms with Gasteiger partial charge in [-0.25, -0.2) is 4.79 Å². The Hall–Kier alpha value is -3.07. The van der Waals surface area contributed by atoms with Gasteiger partial charge in [-0.2, -0.15) is 5.10 Å². The summed E-state index contributed by atoms with van der Waals surface area (Å²) in [7, 11) is 0. The van der Waals surface area contributed by atoms with Crippen molar-refractivity contribution in [1.29, 1.82) is 0 Å².